The lowest BCUT2D eigenvalue weighted by Crippen LogP contribution is -2.14. The van der Waals surface area contributed by atoms with Crippen molar-refractivity contribution in [2.24, 2.45) is 0 Å². The Hall–Kier alpha value is -2.93. The molecular formula is C22H14Cl3FN4O. The van der Waals surface area contributed by atoms with Gasteiger partial charge in [0, 0.05) is 15.6 Å². The van der Waals surface area contributed by atoms with E-state index >= 15 is 0 Å². The van der Waals surface area contributed by atoms with E-state index in [4.69, 9.17) is 34.8 Å². The average molecular weight is 476 g/mol. The molecule has 0 aliphatic heterocycles. The van der Waals surface area contributed by atoms with Gasteiger partial charge in [0.25, 0.3) is 5.91 Å². The van der Waals surface area contributed by atoms with Gasteiger partial charge in [0.15, 0.2) is 5.82 Å². The van der Waals surface area contributed by atoms with Gasteiger partial charge in [-0.3, -0.25) is 4.79 Å². The first-order valence-corrected chi connectivity index (χ1v) is 10.2. The monoisotopic (exact) mass is 474 g/mol. The van der Waals surface area contributed by atoms with Crippen molar-refractivity contribution in [3.05, 3.63) is 92.9 Å². The highest BCUT2D eigenvalue weighted by atomic mass is 35.5. The Kier molecular flexibility index (Phi) is 5.96. The van der Waals surface area contributed by atoms with Crippen molar-refractivity contribution >= 4 is 46.4 Å². The summed E-state index contributed by atoms with van der Waals surface area (Å²) >= 11 is 18.2. The van der Waals surface area contributed by atoms with Gasteiger partial charge in [-0.2, -0.15) is 0 Å². The summed E-state index contributed by atoms with van der Waals surface area (Å²) in [5.41, 5.74) is 2.46. The molecule has 0 atom stereocenters. The molecule has 1 N–H and O–H groups in total. The Morgan fingerprint density at radius 2 is 1.65 bits per heavy atom. The first-order valence-electron chi connectivity index (χ1n) is 9.08. The molecular weight excluding hydrogens is 462 g/mol. The number of hydrogen-bond acceptors (Lipinski definition) is 3. The number of nitrogens with one attached hydrogen (secondary N) is 1. The topological polar surface area (TPSA) is 59.8 Å². The van der Waals surface area contributed by atoms with Crippen LogP contribution in [0.3, 0.4) is 0 Å². The summed E-state index contributed by atoms with van der Waals surface area (Å²) in [7, 11) is 0. The molecule has 3 aromatic carbocycles. The van der Waals surface area contributed by atoms with E-state index < -0.39 is 5.91 Å². The van der Waals surface area contributed by atoms with E-state index in [0.717, 1.165) is 5.56 Å². The van der Waals surface area contributed by atoms with Gasteiger partial charge in [-0.1, -0.05) is 40.9 Å². The van der Waals surface area contributed by atoms with Crippen LogP contribution in [-0.4, -0.2) is 20.7 Å². The maximum absolute atomic E-state index is 13.4. The SMILES string of the molecule is Cc1ccc(Cl)cc1-n1nc(C(=O)Nc2ccc(Cl)cc2Cl)nc1-c1ccc(F)cc1. The van der Waals surface area contributed by atoms with Gasteiger partial charge in [-0.25, -0.2) is 14.1 Å². The third-order valence-electron chi connectivity index (χ3n) is 4.49. The highest BCUT2D eigenvalue weighted by molar-refractivity contribution is 6.36. The normalized spacial score (nSPS) is 10.9. The summed E-state index contributed by atoms with van der Waals surface area (Å²) in [4.78, 5) is 17.3. The quantitative estimate of drug-likeness (QED) is 0.362. The number of nitrogens with zero attached hydrogens (tertiary/aromatic N) is 3. The van der Waals surface area contributed by atoms with Crippen molar-refractivity contribution in [1.29, 1.82) is 0 Å². The van der Waals surface area contributed by atoms with Crippen molar-refractivity contribution in [1.82, 2.24) is 14.8 Å². The zero-order valence-corrected chi connectivity index (χ0v) is 18.3. The van der Waals surface area contributed by atoms with Crippen molar-refractivity contribution < 1.29 is 9.18 Å². The van der Waals surface area contributed by atoms with Crippen LogP contribution in [0, 0.1) is 12.7 Å². The van der Waals surface area contributed by atoms with Crippen LogP contribution < -0.4 is 5.32 Å². The second-order valence-corrected chi connectivity index (χ2v) is 7.97. The molecule has 0 unspecified atom stereocenters. The maximum atomic E-state index is 13.4. The molecule has 0 fully saturated rings. The molecule has 0 spiro atoms. The van der Waals surface area contributed by atoms with Crippen molar-refractivity contribution in [3.63, 3.8) is 0 Å². The molecule has 0 saturated carbocycles. The minimum absolute atomic E-state index is 0.0929. The Labute approximate surface area is 192 Å². The molecule has 0 radical (unpaired) electrons. The molecule has 0 aliphatic rings. The Balaban J connectivity index is 1.80. The fourth-order valence-corrected chi connectivity index (χ4v) is 3.56. The number of benzene rings is 3. The minimum Gasteiger partial charge on any atom is -0.318 e. The van der Waals surface area contributed by atoms with Crippen LogP contribution in [0.15, 0.2) is 60.7 Å². The lowest BCUT2D eigenvalue weighted by molar-refractivity contribution is 0.101. The molecule has 31 heavy (non-hydrogen) atoms. The van der Waals surface area contributed by atoms with Gasteiger partial charge in [0.1, 0.15) is 5.82 Å². The van der Waals surface area contributed by atoms with Gasteiger partial charge in [0.2, 0.25) is 5.82 Å². The number of amides is 1. The largest absolute Gasteiger partial charge is 0.318 e. The molecule has 5 nitrogen and oxygen atoms in total. The number of carbonyl (C=O) groups is 1. The predicted molar refractivity (Wildman–Crippen MR) is 121 cm³/mol. The molecule has 0 saturated heterocycles. The van der Waals surface area contributed by atoms with Crippen LogP contribution in [0.1, 0.15) is 16.2 Å². The number of aromatic nitrogens is 3. The van der Waals surface area contributed by atoms with E-state index in [1.807, 2.05) is 13.0 Å². The molecule has 9 heteroatoms. The van der Waals surface area contributed by atoms with E-state index in [-0.39, 0.29) is 16.7 Å². The number of halogens is 4. The van der Waals surface area contributed by atoms with E-state index in [1.165, 1.54) is 22.9 Å². The molecule has 156 valence electrons. The standard InChI is InChI=1S/C22H14Cl3FN4O/c1-12-2-5-15(24)11-19(12)30-21(13-3-7-16(26)8-4-13)28-20(29-30)22(31)27-18-9-6-14(23)10-17(18)25/h2-11H,1H3,(H,27,31). The lowest BCUT2D eigenvalue weighted by atomic mass is 10.1. The first kappa shape index (κ1) is 21.3. The highest BCUT2D eigenvalue weighted by Crippen LogP contribution is 2.28. The number of aryl methyl sites for hydroxylation is 1. The van der Waals surface area contributed by atoms with Crippen LogP contribution >= 0.6 is 34.8 Å². The number of rotatable bonds is 4. The van der Waals surface area contributed by atoms with E-state index in [9.17, 15) is 9.18 Å². The Morgan fingerprint density at radius 1 is 0.968 bits per heavy atom. The van der Waals surface area contributed by atoms with Crippen molar-refractivity contribution in [2.45, 2.75) is 6.92 Å². The predicted octanol–water partition coefficient (Wildman–Crippen LogP) is 6.59. The average Bonchev–Trinajstić information content (AvgIpc) is 3.18. The lowest BCUT2D eigenvalue weighted by Gasteiger charge is -2.09. The minimum atomic E-state index is -0.564. The molecule has 1 heterocycles. The summed E-state index contributed by atoms with van der Waals surface area (Å²) in [6.07, 6.45) is 0. The fourth-order valence-electron chi connectivity index (χ4n) is 2.94. The van der Waals surface area contributed by atoms with Gasteiger partial charge in [0.05, 0.1) is 16.4 Å². The van der Waals surface area contributed by atoms with Gasteiger partial charge in [-0.15, -0.1) is 5.10 Å². The summed E-state index contributed by atoms with van der Waals surface area (Å²) in [6, 6.07) is 15.8. The van der Waals surface area contributed by atoms with E-state index in [1.54, 1.807) is 36.4 Å². The third-order valence-corrected chi connectivity index (χ3v) is 5.27. The Bertz CT molecular complexity index is 1290. The van der Waals surface area contributed by atoms with Crippen molar-refractivity contribution in [3.8, 4) is 17.1 Å². The number of anilines is 1. The summed E-state index contributed by atoms with van der Waals surface area (Å²) < 4.78 is 14.9. The highest BCUT2D eigenvalue weighted by Gasteiger charge is 2.21. The van der Waals surface area contributed by atoms with Gasteiger partial charge >= 0.3 is 0 Å². The molecule has 4 rings (SSSR count). The first-order chi connectivity index (χ1) is 14.8. The fraction of sp³-hybridized carbons (Fsp3) is 0.0455. The summed E-state index contributed by atoms with van der Waals surface area (Å²) in [5.74, 6) is -0.683. The Morgan fingerprint density at radius 3 is 2.35 bits per heavy atom. The van der Waals surface area contributed by atoms with Crippen LogP contribution in [0.25, 0.3) is 17.1 Å². The second kappa shape index (κ2) is 8.67. The second-order valence-electron chi connectivity index (χ2n) is 6.69. The summed E-state index contributed by atoms with van der Waals surface area (Å²) in [5, 5.41) is 8.30. The van der Waals surface area contributed by atoms with E-state index in [2.05, 4.69) is 15.4 Å². The van der Waals surface area contributed by atoms with Crippen LogP contribution in [0.2, 0.25) is 15.1 Å². The zero-order valence-electron chi connectivity index (χ0n) is 16.0. The number of carbonyl (C=O) groups excluding carboxylic acids is 1. The third kappa shape index (κ3) is 4.56. The van der Waals surface area contributed by atoms with Crippen LogP contribution in [0.5, 0.6) is 0 Å². The maximum Gasteiger partial charge on any atom is 0.295 e. The molecule has 1 aromatic heterocycles. The molecule has 4 aromatic rings. The molecule has 0 aliphatic carbocycles. The van der Waals surface area contributed by atoms with Crippen LogP contribution in [0.4, 0.5) is 10.1 Å². The van der Waals surface area contributed by atoms with Gasteiger partial charge < -0.3 is 5.32 Å². The van der Waals surface area contributed by atoms with E-state index in [0.29, 0.717) is 32.8 Å². The molecule has 0 bridgehead atoms. The number of hydrogen-bond donors (Lipinski definition) is 1. The summed E-state index contributed by atoms with van der Waals surface area (Å²) in [6.45, 7) is 1.88. The smallest absolute Gasteiger partial charge is 0.295 e. The zero-order chi connectivity index (χ0) is 22.1. The van der Waals surface area contributed by atoms with Crippen LogP contribution in [-0.2, 0) is 0 Å². The molecule has 1 amide bonds. The van der Waals surface area contributed by atoms with Gasteiger partial charge in [-0.05, 0) is 67.1 Å². The van der Waals surface area contributed by atoms with Crippen molar-refractivity contribution in [2.75, 3.05) is 5.32 Å².